The molecule has 1 aromatic carbocycles. The highest BCUT2D eigenvalue weighted by Gasteiger charge is 2.39. The molecule has 0 bridgehead atoms. The van der Waals surface area contributed by atoms with Crippen LogP contribution in [0.2, 0.25) is 0 Å². The number of nitrogens with one attached hydrogen (secondary N) is 1. The number of carbonyl (C=O) groups is 4. The molecule has 1 unspecified atom stereocenters. The summed E-state index contributed by atoms with van der Waals surface area (Å²) >= 11 is 0. The minimum atomic E-state index is -0.594. The molecule has 1 saturated carbocycles. The van der Waals surface area contributed by atoms with Crippen molar-refractivity contribution in [1.29, 1.82) is 0 Å². The summed E-state index contributed by atoms with van der Waals surface area (Å²) < 4.78 is 1.76. The van der Waals surface area contributed by atoms with E-state index in [2.05, 4.69) is 37.1 Å². The van der Waals surface area contributed by atoms with Gasteiger partial charge in [-0.1, -0.05) is 12.8 Å². The van der Waals surface area contributed by atoms with Crippen LogP contribution in [0.15, 0.2) is 47.5 Å². The van der Waals surface area contributed by atoms with E-state index >= 15 is 0 Å². The normalized spacial score (nSPS) is 20.8. The van der Waals surface area contributed by atoms with Crippen molar-refractivity contribution in [3.05, 3.63) is 86.9 Å². The molecule has 9 rings (SSSR count). The van der Waals surface area contributed by atoms with E-state index in [1.54, 1.807) is 15.7 Å². The van der Waals surface area contributed by atoms with E-state index in [9.17, 15) is 24.0 Å². The molecule has 0 radical (unpaired) electrons. The van der Waals surface area contributed by atoms with Gasteiger partial charge in [-0.2, -0.15) is 0 Å². The molecule has 14 heteroatoms. The van der Waals surface area contributed by atoms with Gasteiger partial charge in [-0.15, -0.1) is 0 Å². The van der Waals surface area contributed by atoms with Crippen molar-refractivity contribution in [2.75, 3.05) is 55.6 Å². The van der Waals surface area contributed by atoms with E-state index in [1.165, 1.54) is 13.3 Å². The largest absolute Gasteiger partial charge is 0.372 e. The number of Topliss-reactive ketones (excluding diaryl/α,β-unsaturated/α-hetero) is 1. The van der Waals surface area contributed by atoms with E-state index in [0.717, 1.165) is 112 Å². The molecule has 14 nitrogen and oxygen atoms in total. The maximum Gasteiger partial charge on any atom is 0.263 e. The highest BCUT2D eigenvalue weighted by atomic mass is 16.2. The Labute approximate surface area is 344 Å². The molecule has 3 saturated heterocycles. The molecule has 4 aromatic rings. The fourth-order valence-electron chi connectivity index (χ4n) is 10.1. The summed E-state index contributed by atoms with van der Waals surface area (Å²) in [5, 5.41) is 3.14. The molecule has 1 aliphatic carbocycles. The molecule has 4 fully saturated rings. The van der Waals surface area contributed by atoms with E-state index in [0.29, 0.717) is 47.9 Å². The summed E-state index contributed by atoms with van der Waals surface area (Å²) in [6.07, 6.45) is 12.2. The van der Waals surface area contributed by atoms with Gasteiger partial charge in [0.2, 0.25) is 11.8 Å². The van der Waals surface area contributed by atoms with E-state index < -0.39 is 6.04 Å². The lowest BCUT2D eigenvalue weighted by atomic mass is 9.92. The Morgan fingerprint density at radius 3 is 2.31 bits per heavy atom. The van der Waals surface area contributed by atoms with Gasteiger partial charge in [0.25, 0.3) is 11.5 Å². The van der Waals surface area contributed by atoms with Crippen LogP contribution < -0.4 is 20.7 Å². The van der Waals surface area contributed by atoms with Gasteiger partial charge in [0.15, 0.2) is 5.78 Å². The maximum absolute atomic E-state index is 13.6. The molecule has 5 aliphatic rings. The SMILES string of the molecule is CC(=O)c1c(C)c2cnc(Cc3ccc(N4CCN(CCC5CCN(c6ccc7c(c6)CN(C6CCC(=O)NC6=O)C7=O)CC5)CC4)cn3)nc2n(C2CCCC2)c1=O. The van der Waals surface area contributed by atoms with Crippen molar-refractivity contribution in [2.45, 2.75) is 96.7 Å². The smallest absolute Gasteiger partial charge is 0.263 e. The van der Waals surface area contributed by atoms with Crippen LogP contribution >= 0.6 is 0 Å². The van der Waals surface area contributed by atoms with Crippen LogP contribution in [0, 0.1) is 12.8 Å². The van der Waals surface area contributed by atoms with Crippen LogP contribution in [-0.2, 0) is 22.6 Å². The first-order valence-electron chi connectivity index (χ1n) is 21.5. The van der Waals surface area contributed by atoms with Crippen molar-refractivity contribution < 1.29 is 19.2 Å². The van der Waals surface area contributed by atoms with Crippen LogP contribution in [0.4, 0.5) is 11.4 Å². The molecule has 3 amide bonds. The minimum Gasteiger partial charge on any atom is -0.372 e. The zero-order valence-corrected chi connectivity index (χ0v) is 34.1. The number of ketones is 1. The number of rotatable bonds is 10. The monoisotopic (exact) mass is 799 g/mol. The van der Waals surface area contributed by atoms with Gasteiger partial charge in [-0.3, -0.25) is 43.7 Å². The fraction of sp³-hybridized carbons (Fsp3) is 0.511. The molecule has 1 atom stereocenters. The van der Waals surface area contributed by atoms with Crippen LogP contribution in [0.5, 0.6) is 0 Å². The number of hydrogen-bond acceptors (Lipinski definition) is 11. The highest BCUT2D eigenvalue weighted by Crippen LogP contribution is 2.34. The fourth-order valence-corrected chi connectivity index (χ4v) is 10.1. The molecule has 1 N–H and O–H groups in total. The van der Waals surface area contributed by atoms with Gasteiger partial charge in [-0.05, 0) is 106 Å². The van der Waals surface area contributed by atoms with Crippen molar-refractivity contribution in [2.24, 2.45) is 5.92 Å². The lowest BCUT2D eigenvalue weighted by molar-refractivity contribution is -0.136. The highest BCUT2D eigenvalue weighted by molar-refractivity contribution is 6.05. The van der Waals surface area contributed by atoms with Crippen LogP contribution in [0.25, 0.3) is 11.0 Å². The summed E-state index contributed by atoms with van der Waals surface area (Å²) in [4.78, 5) is 86.7. The van der Waals surface area contributed by atoms with Crippen LogP contribution in [0.1, 0.15) is 114 Å². The van der Waals surface area contributed by atoms with Gasteiger partial charge >= 0.3 is 0 Å². The molecule has 7 heterocycles. The Kier molecular flexibility index (Phi) is 10.8. The molecule has 0 spiro atoms. The van der Waals surface area contributed by atoms with E-state index in [4.69, 9.17) is 9.97 Å². The predicted molar refractivity (Wildman–Crippen MR) is 224 cm³/mol. The van der Waals surface area contributed by atoms with Crippen molar-refractivity contribution in [1.82, 2.24) is 34.6 Å². The number of carbonyl (C=O) groups excluding carboxylic acids is 4. The number of aromatic nitrogens is 4. The van der Waals surface area contributed by atoms with Gasteiger partial charge in [0.05, 0.1) is 23.9 Å². The Morgan fingerprint density at radius 2 is 1.59 bits per heavy atom. The number of hydrogen-bond donors (Lipinski definition) is 1. The minimum absolute atomic E-state index is 0.0464. The Balaban J connectivity index is 0.746. The second-order valence-electron chi connectivity index (χ2n) is 17.2. The molecule has 308 valence electrons. The second kappa shape index (κ2) is 16.3. The molecule has 3 aromatic heterocycles. The lowest BCUT2D eigenvalue weighted by Gasteiger charge is -2.38. The van der Waals surface area contributed by atoms with Gasteiger partial charge in [0.1, 0.15) is 17.5 Å². The third-order valence-electron chi connectivity index (χ3n) is 13.5. The second-order valence-corrected chi connectivity index (χ2v) is 17.2. The van der Waals surface area contributed by atoms with Crippen molar-refractivity contribution in [3.8, 4) is 0 Å². The average Bonchev–Trinajstić information content (AvgIpc) is 3.88. The zero-order valence-electron chi connectivity index (χ0n) is 34.1. The maximum atomic E-state index is 13.6. The zero-order chi connectivity index (χ0) is 40.8. The summed E-state index contributed by atoms with van der Waals surface area (Å²) in [6.45, 7) is 10.7. The third kappa shape index (κ3) is 7.74. The standard InChI is InChI=1S/C45H53N9O5/c1-28-37-26-47-39(48-42(37)54(33-5-3-4-6-33)45(59)41(28)29(2)55)24-32-7-8-35(25-46-32)52-21-19-50(20-22-52)16-13-30-14-17-51(18-15-30)34-9-10-36-31(23-34)27-53(44(36)58)38-11-12-40(56)49-43(38)57/h7-10,23,25-26,30,33,38H,3-6,11-22,24,27H2,1-2H3,(H,49,56,57). The number of nitrogens with zero attached hydrogens (tertiary/aromatic N) is 8. The Morgan fingerprint density at radius 1 is 0.847 bits per heavy atom. The number of piperidine rings is 2. The van der Waals surface area contributed by atoms with Gasteiger partial charge in [-0.25, -0.2) is 9.97 Å². The first-order chi connectivity index (χ1) is 28.6. The summed E-state index contributed by atoms with van der Waals surface area (Å²) in [7, 11) is 0. The van der Waals surface area contributed by atoms with Crippen LogP contribution in [-0.4, -0.2) is 105 Å². The van der Waals surface area contributed by atoms with Crippen molar-refractivity contribution >= 4 is 45.9 Å². The summed E-state index contributed by atoms with van der Waals surface area (Å²) in [5.74, 6) is 0.293. The first kappa shape index (κ1) is 39.0. The number of aryl methyl sites for hydroxylation is 1. The molecule has 59 heavy (non-hydrogen) atoms. The number of pyridine rings is 2. The Bertz CT molecular complexity index is 2360. The predicted octanol–water partition coefficient (Wildman–Crippen LogP) is 4.59. The number of benzene rings is 1. The summed E-state index contributed by atoms with van der Waals surface area (Å²) in [5.41, 5.74) is 6.00. The van der Waals surface area contributed by atoms with Gasteiger partial charge < -0.3 is 14.7 Å². The first-order valence-corrected chi connectivity index (χ1v) is 21.5. The van der Waals surface area contributed by atoms with E-state index in [-0.39, 0.29) is 47.1 Å². The molecule has 4 aliphatic heterocycles. The third-order valence-corrected chi connectivity index (χ3v) is 13.5. The number of piperazine rings is 1. The van der Waals surface area contributed by atoms with Crippen molar-refractivity contribution in [3.63, 3.8) is 0 Å². The average molecular weight is 800 g/mol. The molecular formula is C45H53N9O5. The number of fused-ring (bicyclic) bond motifs is 2. The number of anilines is 2. The number of imide groups is 1. The number of amides is 3. The quantitative estimate of drug-likeness (QED) is 0.177. The molecular weight excluding hydrogens is 747 g/mol. The van der Waals surface area contributed by atoms with Gasteiger partial charge in [0, 0.05) is 86.8 Å². The van der Waals surface area contributed by atoms with E-state index in [1.807, 2.05) is 31.3 Å². The van der Waals surface area contributed by atoms with Crippen LogP contribution in [0.3, 0.4) is 0 Å². The Hall–Kier alpha value is -5.50. The topological polar surface area (TPSA) is 154 Å². The lowest BCUT2D eigenvalue weighted by Crippen LogP contribution is -2.52. The summed E-state index contributed by atoms with van der Waals surface area (Å²) in [6, 6.07) is 9.70.